The Kier molecular flexibility index (Phi) is 4.02. The maximum absolute atomic E-state index is 6.15. The highest BCUT2D eigenvalue weighted by Crippen LogP contribution is 2.46. The molecular formula is C27H24N2O. The molecule has 3 aromatic carbocycles. The summed E-state index contributed by atoms with van der Waals surface area (Å²) in [5.74, 6) is 1.72. The van der Waals surface area contributed by atoms with Gasteiger partial charge in [-0.2, -0.15) is 0 Å². The van der Waals surface area contributed by atoms with Crippen molar-refractivity contribution in [1.29, 1.82) is 0 Å². The lowest BCUT2D eigenvalue weighted by atomic mass is 10.0. The summed E-state index contributed by atoms with van der Waals surface area (Å²) in [6.45, 7) is 3.21. The number of ether oxygens (including phenoxy) is 1. The molecule has 1 aliphatic carbocycles. The highest BCUT2D eigenvalue weighted by Gasteiger charge is 2.34. The molecule has 148 valence electrons. The van der Waals surface area contributed by atoms with Crippen molar-refractivity contribution >= 4 is 16.6 Å². The van der Waals surface area contributed by atoms with Gasteiger partial charge in [0.1, 0.15) is 11.5 Å². The van der Waals surface area contributed by atoms with Gasteiger partial charge in [-0.3, -0.25) is 4.98 Å². The number of hydrogen-bond donors (Lipinski definition) is 0. The summed E-state index contributed by atoms with van der Waals surface area (Å²) in [6.07, 6.45) is 3.41. The SMILES string of the molecule is Cc1nc2ccc(Oc3ccccc3)cc2c2c1CCN2[C@H]1CCc2ccccc21. The predicted octanol–water partition coefficient (Wildman–Crippen LogP) is 6.39. The molecular weight excluding hydrogens is 368 g/mol. The first-order valence-corrected chi connectivity index (χ1v) is 10.8. The van der Waals surface area contributed by atoms with Gasteiger partial charge in [-0.1, -0.05) is 42.5 Å². The van der Waals surface area contributed by atoms with E-state index in [-0.39, 0.29) is 0 Å². The second kappa shape index (κ2) is 6.88. The fraction of sp³-hybridized carbons (Fsp3) is 0.222. The Labute approximate surface area is 176 Å². The molecule has 0 N–H and O–H groups in total. The van der Waals surface area contributed by atoms with E-state index in [0.717, 1.165) is 42.1 Å². The van der Waals surface area contributed by atoms with Crippen LogP contribution in [0.3, 0.4) is 0 Å². The first-order valence-electron chi connectivity index (χ1n) is 10.8. The summed E-state index contributed by atoms with van der Waals surface area (Å²) in [4.78, 5) is 7.55. The Morgan fingerprint density at radius 1 is 0.900 bits per heavy atom. The summed E-state index contributed by atoms with van der Waals surface area (Å²) >= 11 is 0. The van der Waals surface area contributed by atoms with Crippen molar-refractivity contribution in [3.05, 3.63) is 95.2 Å². The van der Waals surface area contributed by atoms with Crippen molar-refractivity contribution in [3.8, 4) is 11.5 Å². The third kappa shape index (κ3) is 2.77. The molecule has 4 aromatic rings. The van der Waals surface area contributed by atoms with E-state index in [4.69, 9.17) is 9.72 Å². The van der Waals surface area contributed by atoms with Gasteiger partial charge in [-0.15, -0.1) is 0 Å². The maximum Gasteiger partial charge on any atom is 0.128 e. The number of nitrogens with zero attached hydrogens (tertiary/aromatic N) is 2. The number of rotatable bonds is 3. The molecule has 30 heavy (non-hydrogen) atoms. The molecule has 0 bridgehead atoms. The number of pyridine rings is 1. The van der Waals surface area contributed by atoms with Crippen LogP contribution in [-0.4, -0.2) is 11.5 Å². The van der Waals surface area contributed by atoms with Gasteiger partial charge in [-0.05, 0) is 73.2 Å². The molecule has 6 rings (SSSR count). The standard InChI is InChI=1S/C27H24N2O/c1-18-22-15-16-29(26-14-11-19-7-5-6-10-23(19)26)27(22)24-17-21(12-13-25(24)28-18)30-20-8-3-2-4-9-20/h2-10,12-13,17,26H,11,14-16H2,1H3/t26-/m0/s1. The monoisotopic (exact) mass is 392 g/mol. The van der Waals surface area contributed by atoms with Gasteiger partial charge in [0.2, 0.25) is 0 Å². The van der Waals surface area contributed by atoms with Gasteiger partial charge in [0.05, 0.1) is 17.2 Å². The second-order valence-electron chi connectivity index (χ2n) is 8.32. The van der Waals surface area contributed by atoms with Crippen LogP contribution in [0.5, 0.6) is 11.5 Å². The van der Waals surface area contributed by atoms with Crippen LogP contribution in [-0.2, 0) is 12.8 Å². The number of aryl methyl sites for hydroxylation is 2. The fourth-order valence-electron chi connectivity index (χ4n) is 5.21. The van der Waals surface area contributed by atoms with Crippen molar-refractivity contribution in [2.75, 3.05) is 11.4 Å². The maximum atomic E-state index is 6.15. The van der Waals surface area contributed by atoms with Gasteiger partial charge < -0.3 is 9.64 Å². The van der Waals surface area contributed by atoms with Gasteiger partial charge >= 0.3 is 0 Å². The second-order valence-corrected chi connectivity index (χ2v) is 8.32. The summed E-state index contributed by atoms with van der Waals surface area (Å²) in [6, 6.07) is 25.7. The Hall–Kier alpha value is -3.33. The number of benzene rings is 3. The van der Waals surface area contributed by atoms with Crippen molar-refractivity contribution in [2.45, 2.75) is 32.2 Å². The fourth-order valence-corrected chi connectivity index (χ4v) is 5.21. The largest absolute Gasteiger partial charge is 0.457 e. The number of anilines is 1. The quantitative estimate of drug-likeness (QED) is 0.404. The Morgan fingerprint density at radius 3 is 2.63 bits per heavy atom. The van der Waals surface area contributed by atoms with Crippen LogP contribution in [0.15, 0.2) is 72.8 Å². The number of fused-ring (bicyclic) bond motifs is 4. The zero-order valence-corrected chi connectivity index (χ0v) is 17.1. The summed E-state index contributed by atoms with van der Waals surface area (Å²) in [5.41, 5.74) is 7.94. The third-order valence-corrected chi connectivity index (χ3v) is 6.58. The highest BCUT2D eigenvalue weighted by molar-refractivity contribution is 5.96. The number of hydrogen-bond acceptors (Lipinski definition) is 3. The third-order valence-electron chi connectivity index (χ3n) is 6.58. The minimum absolute atomic E-state index is 0.450. The lowest BCUT2D eigenvalue weighted by Crippen LogP contribution is -2.25. The smallest absolute Gasteiger partial charge is 0.128 e. The lowest BCUT2D eigenvalue weighted by molar-refractivity contribution is 0.483. The molecule has 3 heteroatoms. The van der Waals surface area contributed by atoms with E-state index in [2.05, 4.69) is 48.2 Å². The van der Waals surface area contributed by atoms with E-state index >= 15 is 0 Å². The van der Waals surface area contributed by atoms with E-state index < -0.39 is 0 Å². The summed E-state index contributed by atoms with van der Waals surface area (Å²) < 4.78 is 6.15. The van der Waals surface area contributed by atoms with Crippen LogP contribution in [0.1, 0.15) is 34.8 Å². The average Bonchev–Trinajstić information content (AvgIpc) is 3.40. The predicted molar refractivity (Wildman–Crippen MR) is 122 cm³/mol. The molecule has 1 atom stereocenters. The molecule has 3 nitrogen and oxygen atoms in total. The van der Waals surface area contributed by atoms with Crippen LogP contribution in [0.4, 0.5) is 5.69 Å². The van der Waals surface area contributed by atoms with Crippen molar-refractivity contribution < 1.29 is 4.74 Å². The Morgan fingerprint density at radius 2 is 1.73 bits per heavy atom. The Balaban J connectivity index is 1.47. The van der Waals surface area contributed by atoms with E-state index in [0.29, 0.717) is 6.04 Å². The average molecular weight is 393 g/mol. The van der Waals surface area contributed by atoms with Crippen LogP contribution in [0, 0.1) is 6.92 Å². The molecule has 0 saturated carbocycles. The molecule has 2 heterocycles. The van der Waals surface area contributed by atoms with Crippen molar-refractivity contribution in [3.63, 3.8) is 0 Å². The highest BCUT2D eigenvalue weighted by atomic mass is 16.5. The number of para-hydroxylation sites is 1. The molecule has 0 radical (unpaired) electrons. The van der Waals surface area contributed by atoms with E-state index in [9.17, 15) is 0 Å². The molecule has 1 aliphatic heterocycles. The molecule has 0 saturated heterocycles. The molecule has 2 aliphatic rings. The number of aromatic nitrogens is 1. The van der Waals surface area contributed by atoms with E-state index in [1.54, 1.807) is 0 Å². The van der Waals surface area contributed by atoms with Crippen LogP contribution >= 0.6 is 0 Å². The van der Waals surface area contributed by atoms with Crippen LogP contribution in [0.25, 0.3) is 10.9 Å². The first kappa shape index (κ1) is 17.5. The molecule has 0 unspecified atom stereocenters. The summed E-state index contributed by atoms with van der Waals surface area (Å²) in [7, 11) is 0. The van der Waals surface area contributed by atoms with Gasteiger partial charge in [-0.25, -0.2) is 0 Å². The van der Waals surface area contributed by atoms with Crippen molar-refractivity contribution in [1.82, 2.24) is 4.98 Å². The topological polar surface area (TPSA) is 25.4 Å². The zero-order valence-electron chi connectivity index (χ0n) is 17.1. The van der Waals surface area contributed by atoms with E-state index in [1.165, 1.54) is 34.2 Å². The van der Waals surface area contributed by atoms with Gasteiger partial charge in [0.25, 0.3) is 0 Å². The molecule has 0 spiro atoms. The molecule has 0 amide bonds. The van der Waals surface area contributed by atoms with Crippen LogP contribution in [0.2, 0.25) is 0 Å². The molecule has 0 fully saturated rings. The van der Waals surface area contributed by atoms with Gasteiger partial charge in [0.15, 0.2) is 0 Å². The normalized spacial score (nSPS) is 17.2. The van der Waals surface area contributed by atoms with Crippen molar-refractivity contribution in [2.24, 2.45) is 0 Å². The van der Waals surface area contributed by atoms with Crippen LogP contribution < -0.4 is 9.64 Å². The zero-order chi connectivity index (χ0) is 20.1. The first-order chi connectivity index (χ1) is 14.8. The minimum atomic E-state index is 0.450. The lowest BCUT2D eigenvalue weighted by Gasteiger charge is -2.29. The summed E-state index contributed by atoms with van der Waals surface area (Å²) in [5, 5.41) is 1.20. The minimum Gasteiger partial charge on any atom is -0.457 e. The Bertz CT molecular complexity index is 1250. The molecule has 1 aromatic heterocycles. The van der Waals surface area contributed by atoms with Gasteiger partial charge in [0, 0.05) is 17.6 Å². The van der Waals surface area contributed by atoms with E-state index in [1.807, 2.05) is 36.4 Å².